The van der Waals surface area contributed by atoms with E-state index in [2.05, 4.69) is 17.5 Å². The van der Waals surface area contributed by atoms with Crippen LogP contribution in [0.15, 0.2) is 58.8 Å². The normalized spacial score (nSPS) is 17.6. The van der Waals surface area contributed by atoms with Crippen LogP contribution in [0.4, 0.5) is 0 Å². The minimum absolute atomic E-state index is 0.160. The van der Waals surface area contributed by atoms with Crippen molar-refractivity contribution >= 4 is 27.3 Å². The molecule has 1 unspecified atom stereocenters. The summed E-state index contributed by atoms with van der Waals surface area (Å²) in [5.41, 5.74) is 4.32. The average Bonchev–Trinajstić information content (AvgIpc) is 3.55. The molecule has 0 saturated heterocycles. The van der Waals surface area contributed by atoms with Crippen molar-refractivity contribution < 1.29 is 17.9 Å². The molecule has 3 aromatic rings. The third kappa shape index (κ3) is 5.76. The van der Waals surface area contributed by atoms with Crippen molar-refractivity contribution in [3.8, 4) is 5.75 Å². The van der Waals surface area contributed by atoms with Crippen LogP contribution in [0.1, 0.15) is 46.0 Å². The van der Waals surface area contributed by atoms with E-state index in [1.54, 1.807) is 35.6 Å². The molecule has 1 aromatic heterocycles. The number of nitrogens with zero attached hydrogens (tertiary/aromatic N) is 2. The Hall–Kier alpha value is -2.68. The number of hydrogen-bond acceptors (Lipinski definition) is 5. The van der Waals surface area contributed by atoms with E-state index in [9.17, 15) is 13.2 Å². The lowest BCUT2D eigenvalue weighted by atomic mass is 10.0. The van der Waals surface area contributed by atoms with Gasteiger partial charge in [-0.3, -0.25) is 4.79 Å². The van der Waals surface area contributed by atoms with Gasteiger partial charge in [0.1, 0.15) is 12.4 Å². The van der Waals surface area contributed by atoms with Crippen molar-refractivity contribution in [2.24, 2.45) is 5.92 Å². The Balaban J connectivity index is 1.38. The molecule has 5 rings (SSSR count). The summed E-state index contributed by atoms with van der Waals surface area (Å²) in [6, 6.07) is 14.8. The van der Waals surface area contributed by atoms with E-state index in [-0.39, 0.29) is 23.4 Å². The Morgan fingerprint density at radius 2 is 1.78 bits per heavy atom. The van der Waals surface area contributed by atoms with E-state index in [1.807, 2.05) is 37.8 Å². The molecule has 1 aliphatic carbocycles. The summed E-state index contributed by atoms with van der Waals surface area (Å²) < 4.78 is 34.8. The van der Waals surface area contributed by atoms with Gasteiger partial charge in [-0.05, 0) is 86.7 Å². The van der Waals surface area contributed by atoms with Crippen molar-refractivity contribution in [1.29, 1.82) is 0 Å². The maximum absolute atomic E-state index is 13.8. The summed E-state index contributed by atoms with van der Waals surface area (Å²) in [5.74, 6) is 0.946. The lowest BCUT2D eigenvalue weighted by Crippen LogP contribution is -2.48. The predicted molar refractivity (Wildman–Crippen MR) is 147 cm³/mol. The van der Waals surface area contributed by atoms with E-state index in [1.165, 1.54) is 14.7 Å². The number of thiophene rings is 1. The third-order valence-electron chi connectivity index (χ3n) is 7.27. The molecule has 1 amide bonds. The predicted octanol–water partition coefficient (Wildman–Crippen LogP) is 5.28. The van der Waals surface area contributed by atoms with Gasteiger partial charge >= 0.3 is 0 Å². The molecule has 8 heteroatoms. The first kappa shape index (κ1) is 25.9. The van der Waals surface area contributed by atoms with Gasteiger partial charge in [-0.2, -0.15) is 4.31 Å². The second kappa shape index (κ2) is 10.6. The zero-order chi connectivity index (χ0) is 26.2. The van der Waals surface area contributed by atoms with E-state index in [0.29, 0.717) is 25.6 Å². The number of aryl methyl sites for hydroxylation is 3. The number of hydrogen-bond donors (Lipinski definition) is 0. The molecular formula is C29H34N2O4S2. The highest BCUT2D eigenvalue weighted by atomic mass is 32.2. The fraction of sp³-hybridized carbons (Fsp3) is 0.414. The first-order chi connectivity index (χ1) is 17.7. The minimum atomic E-state index is -3.78. The van der Waals surface area contributed by atoms with Crippen LogP contribution in [0.5, 0.6) is 5.75 Å². The summed E-state index contributed by atoms with van der Waals surface area (Å²) >= 11 is 1.70. The SMILES string of the molecule is Cc1ccc(S(=O)(=O)N(CC(=O)N2CCc3sccc3C2COc2ccc(C)cc2C)CC2CC2)cc1. The van der Waals surface area contributed by atoms with E-state index in [4.69, 9.17) is 4.74 Å². The molecule has 6 nitrogen and oxygen atoms in total. The maximum atomic E-state index is 13.8. The number of carbonyl (C=O) groups excluding carboxylic acids is 1. The molecule has 1 saturated carbocycles. The van der Waals surface area contributed by atoms with Crippen LogP contribution in [-0.2, 0) is 21.2 Å². The van der Waals surface area contributed by atoms with Crippen LogP contribution >= 0.6 is 11.3 Å². The highest BCUT2D eigenvalue weighted by Crippen LogP contribution is 2.35. The zero-order valence-electron chi connectivity index (χ0n) is 21.6. The fourth-order valence-corrected chi connectivity index (χ4v) is 7.34. The third-order valence-corrected chi connectivity index (χ3v) is 10.1. The largest absolute Gasteiger partial charge is 0.491 e. The van der Waals surface area contributed by atoms with Crippen molar-refractivity contribution in [1.82, 2.24) is 9.21 Å². The molecule has 0 bridgehead atoms. The number of ether oxygens (including phenoxy) is 1. The molecule has 196 valence electrons. The molecule has 2 aliphatic rings. The Morgan fingerprint density at radius 1 is 1.05 bits per heavy atom. The van der Waals surface area contributed by atoms with Gasteiger partial charge in [0.15, 0.2) is 0 Å². The molecule has 1 fully saturated rings. The number of amides is 1. The number of benzene rings is 2. The highest BCUT2D eigenvalue weighted by Gasteiger charge is 2.37. The molecule has 0 spiro atoms. The summed E-state index contributed by atoms with van der Waals surface area (Å²) in [5, 5.41) is 2.06. The average molecular weight is 539 g/mol. The van der Waals surface area contributed by atoms with Crippen LogP contribution in [-0.4, -0.2) is 49.8 Å². The summed E-state index contributed by atoms with van der Waals surface area (Å²) in [6.07, 6.45) is 2.77. The Morgan fingerprint density at radius 3 is 2.49 bits per heavy atom. The van der Waals surface area contributed by atoms with Crippen molar-refractivity contribution in [3.63, 3.8) is 0 Å². The lowest BCUT2D eigenvalue weighted by Gasteiger charge is -2.37. The molecule has 1 atom stereocenters. The van der Waals surface area contributed by atoms with Crippen molar-refractivity contribution in [2.75, 3.05) is 26.2 Å². The van der Waals surface area contributed by atoms with Crippen LogP contribution in [0, 0.1) is 26.7 Å². The van der Waals surface area contributed by atoms with Gasteiger partial charge in [0.05, 0.1) is 17.5 Å². The van der Waals surface area contributed by atoms with E-state index < -0.39 is 10.0 Å². The summed E-state index contributed by atoms with van der Waals surface area (Å²) in [6.45, 7) is 7.09. The van der Waals surface area contributed by atoms with E-state index >= 15 is 0 Å². The summed E-state index contributed by atoms with van der Waals surface area (Å²) in [4.78, 5) is 17.1. The lowest BCUT2D eigenvalue weighted by molar-refractivity contribution is -0.135. The first-order valence-electron chi connectivity index (χ1n) is 12.8. The van der Waals surface area contributed by atoms with Gasteiger partial charge in [-0.15, -0.1) is 11.3 Å². The van der Waals surface area contributed by atoms with E-state index in [0.717, 1.165) is 41.7 Å². The second-order valence-corrected chi connectivity index (χ2v) is 13.2. The number of sulfonamides is 1. The van der Waals surface area contributed by atoms with Gasteiger partial charge in [0.2, 0.25) is 15.9 Å². The van der Waals surface area contributed by atoms with Crippen LogP contribution in [0.2, 0.25) is 0 Å². The highest BCUT2D eigenvalue weighted by molar-refractivity contribution is 7.89. The van der Waals surface area contributed by atoms with Gasteiger partial charge < -0.3 is 9.64 Å². The minimum Gasteiger partial charge on any atom is -0.491 e. The van der Waals surface area contributed by atoms with Gasteiger partial charge in [0, 0.05) is 18.0 Å². The van der Waals surface area contributed by atoms with Gasteiger partial charge in [-0.25, -0.2) is 8.42 Å². The fourth-order valence-electron chi connectivity index (χ4n) is 4.94. The number of fused-ring (bicyclic) bond motifs is 1. The Labute approximate surface area is 223 Å². The number of carbonyl (C=O) groups is 1. The second-order valence-electron chi connectivity index (χ2n) is 10.3. The smallest absolute Gasteiger partial charge is 0.243 e. The topological polar surface area (TPSA) is 66.9 Å². The van der Waals surface area contributed by atoms with Gasteiger partial charge in [-0.1, -0.05) is 35.4 Å². The standard InChI is InChI=1S/C29H34N2O4S2/c1-20-4-9-24(10-5-20)37(33,34)30(17-23-7-8-23)18-29(32)31-14-12-28-25(13-15-36-28)26(31)19-35-27-11-6-21(2)16-22(27)3/h4-6,9-11,13,15-16,23,26H,7-8,12,14,17-19H2,1-3H3. The van der Waals surface area contributed by atoms with Crippen LogP contribution < -0.4 is 4.74 Å². The zero-order valence-corrected chi connectivity index (χ0v) is 23.3. The quantitative estimate of drug-likeness (QED) is 0.372. The molecule has 0 radical (unpaired) electrons. The molecular weight excluding hydrogens is 504 g/mol. The molecule has 1 aliphatic heterocycles. The molecule has 37 heavy (non-hydrogen) atoms. The van der Waals surface area contributed by atoms with Crippen LogP contribution in [0.25, 0.3) is 0 Å². The maximum Gasteiger partial charge on any atom is 0.243 e. The Bertz CT molecular complexity index is 1380. The molecule has 2 aromatic carbocycles. The Kier molecular flexibility index (Phi) is 7.43. The summed E-state index contributed by atoms with van der Waals surface area (Å²) in [7, 11) is -3.78. The van der Waals surface area contributed by atoms with Crippen molar-refractivity contribution in [2.45, 2.75) is 51.0 Å². The van der Waals surface area contributed by atoms with Crippen LogP contribution in [0.3, 0.4) is 0 Å². The molecule has 0 N–H and O–H groups in total. The number of rotatable bonds is 9. The monoisotopic (exact) mass is 538 g/mol. The molecule has 2 heterocycles. The van der Waals surface area contributed by atoms with Crippen molar-refractivity contribution in [3.05, 3.63) is 81.0 Å². The first-order valence-corrected chi connectivity index (χ1v) is 15.2. The van der Waals surface area contributed by atoms with Gasteiger partial charge in [0.25, 0.3) is 0 Å².